The van der Waals surface area contributed by atoms with Crippen molar-refractivity contribution in [2.45, 2.75) is 89.4 Å². The van der Waals surface area contributed by atoms with Crippen LogP contribution in [0.4, 0.5) is 0 Å². The Morgan fingerprint density at radius 2 is 1.71 bits per heavy atom. The molecule has 0 saturated carbocycles. The van der Waals surface area contributed by atoms with Gasteiger partial charge in [0.05, 0.1) is 6.04 Å². The highest BCUT2D eigenvalue weighted by molar-refractivity contribution is 5.94. The number of hydrogen-bond donors (Lipinski definition) is 6. The Labute approximate surface area is 199 Å². The fourth-order valence-electron chi connectivity index (χ4n) is 3.90. The number of carboxylic acid groups (broad SMARTS) is 2. The molecule has 4 unspecified atom stereocenters. The molecular weight excluding hydrogens is 446 g/mol. The van der Waals surface area contributed by atoms with Crippen molar-refractivity contribution in [2.24, 2.45) is 17.4 Å². The van der Waals surface area contributed by atoms with Crippen LogP contribution in [0, 0.1) is 5.92 Å². The van der Waals surface area contributed by atoms with Crippen molar-refractivity contribution in [3.8, 4) is 0 Å². The number of nitrogens with two attached hydrogens (primary N) is 2. The minimum Gasteiger partial charge on any atom is -0.481 e. The predicted octanol–water partition coefficient (Wildman–Crippen LogP) is -0.601. The molecule has 1 rings (SSSR count). The molecule has 4 atom stereocenters. The fraction of sp³-hybridized carbons (Fsp3) is 0.773. The zero-order valence-corrected chi connectivity index (χ0v) is 20.0. The summed E-state index contributed by atoms with van der Waals surface area (Å²) in [7, 11) is 0. The van der Waals surface area contributed by atoms with Gasteiger partial charge in [-0.25, -0.2) is 4.79 Å². The van der Waals surface area contributed by atoms with E-state index in [9.17, 15) is 29.1 Å². The number of nitrogens with one attached hydrogen (secondary N) is 2. The van der Waals surface area contributed by atoms with Gasteiger partial charge in [-0.15, -0.1) is 0 Å². The van der Waals surface area contributed by atoms with Crippen LogP contribution in [-0.4, -0.2) is 82.0 Å². The molecule has 0 spiro atoms. The maximum absolute atomic E-state index is 13.3. The van der Waals surface area contributed by atoms with Crippen LogP contribution in [0.25, 0.3) is 0 Å². The zero-order valence-electron chi connectivity index (χ0n) is 20.0. The first-order chi connectivity index (χ1) is 16.0. The van der Waals surface area contributed by atoms with E-state index in [1.165, 1.54) is 4.90 Å². The molecule has 34 heavy (non-hydrogen) atoms. The van der Waals surface area contributed by atoms with Gasteiger partial charge in [-0.2, -0.15) is 0 Å². The lowest BCUT2D eigenvalue weighted by Gasteiger charge is -2.30. The molecule has 1 saturated heterocycles. The van der Waals surface area contributed by atoms with Crippen molar-refractivity contribution >= 4 is 29.7 Å². The highest BCUT2D eigenvalue weighted by Gasteiger charge is 2.39. The van der Waals surface area contributed by atoms with Crippen LogP contribution in [0.2, 0.25) is 0 Å². The molecule has 8 N–H and O–H groups in total. The average Bonchev–Trinajstić information content (AvgIpc) is 3.25. The minimum atomic E-state index is -1.15. The Bertz CT molecular complexity index is 730. The smallest absolute Gasteiger partial charge is 0.326 e. The lowest BCUT2D eigenvalue weighted by atomic mass is 10.0. The molecule has 1 fully saturated rings. The van der Waals surface area contributed by atoms with E-state index < -0.39 is 53.8 Å². The molecule has 12 heteroatoms. The van der Waals surface area contributed by atoms with Crippen LogP contribution in [0.5, 0.6) is 0 Å². The van der Waals surface area contributed by atoms with Crippen molar-refractivity contribution in [1.82, 2.24) is 15.5 Å². The van der Waals surface area contributed by atoms with Crippen molar-refractivity contribution in [2.75, 3.05) is 13.1 Å². The third kappa shape index (κ3) is 9.64. The lowest BCUT2D eigenvalue weighted by Crippen LogP contribution is -2.57. The second-order valence-electron chi connectivity index (χ2n) is 9.10. The second-order valence-corrected chi connectivity index (χ2v) is 9.10. The molecule has 0 aromatic heterocycles. The number of unbranched alkanes of at least 4 members (excludes halogenated alkanes) is 1. The molecule has 12 nitrogen and oxygen atoms in total. The molecule has 0 aromatic rings. The van der Waals surface area contributed by atoms with E-state index in [1.807, 2.05) is 13.8 Å². The SMILES string of the molecule is CC(C)CC(NC(=O)C(N)CCC(=O)O)C(=O)N1CCCC1C(=O)NC(CCCCN)C(=O)O. The van der Waals surface area contributed by atoms with Crippen LogP contribution < -0.4 is 22.1 Å². The van der Waals surface area contributed by atoms with Gasteiger partial charge >= 0.3 is 11.9 Å². The van der Waals surface area contributed by atoms with Gasteiger partial charge in [-0.1, -0.05) is 13.8 Å². The molecule has 1 aliphatic rings. The number of aliphatic carboxylic acids is 2. The Morgan fingerprint density at radius 1 is 1.03 bits per heavy atom. The monoisotopic (exact) mass is 485 g/mol. The van der Waals surface area contributed by atoms with Gasteiger partial charge in [0.2, 0.25) is 17.7 Å². The molecule has 0 bridgehead atoms. The van der Waals surface area contributed by atoms with E-state index in [2.05, 4.69) is 10.6 Å². The van der Waals surface area contributed by atoms with E-state index in [4.69, 9.17) is 16.6 Å². The molecule has 3 amide bonds. The number of carbonyl (C=O) groups excluding carboxylic acids is 3. The molecule has 194 valence electrons. The Morgan fingerprint density at radius 3 is 2.26 bits per heavy atom. The standard InChI is InChI=1S/C22H39N5O7/c1-13(2)12-16(26-19(30)14(24)8-9-18(28)29)21(32)27-11-5-7-17(27)20(31)25-15(22(33)34)6-3-4-10-23/h13-17H,3-12,23-24H2,1-2H3,(H,25,31)(H,26,30)(H,28,29)(H,33,34). The molecule has 0 aromatic carbocycles. The first-order valence-corrected chi connectivity index (χ1v) is 11.8. The summed E-state index contributed by atoms with van der Waals surface area (Å²) in [6.07, 6.45) is 2.32. The van der Waals surface area contributed by atoms with E-state index in [0.29, 0.717) is 45.2 Å². The molecule has 0 aliphatic carbocycles. The third-order valence-electron chi connectivity index (χ3n) is 5.73. The van der Waals surface area contributed by atoms with Crippen molar-refractivity contribution < 1.29 is 34.2 Å². The van der Waals surface area contributed by atoms with Crippen LogP contribution in [0.15, 0.2) is 0 Å². The van der Waals surface area contributed by atoms with E-state index >= 15 is 0 Å². The van der Waals surface area contributed by atoms with Crippen LogP contribution in [0.3, 0.4) is 0 Å². The maximum Gasteiger partial charge on any atom is 0.326 e. The van der Waals surface area contributed by atoms with Gasteiger partial charge in [0.25, 0.3) is 0 Å². The van der Waals surface area contributed by atoms with Crippen molar-refractivity contribution in [1.29, 1.82) is 0 Å². The molecule has 1 aliphatic heterocycles. The van der Waals surface area contributed by atoms with Gasteiger partial charge in [0, 0.05) is 13.0 Å². The zero-order chi connectivity index (χ0) is 25.8. The number of amides is 3. The normalized spacial score (nSPS) is 18.3. The van der Waals surface area contributed by atoms with Gasteiger partial charge < -0.3 is 37.2 Å². The van der Waals surface area contributed by atoms with E-state index in [1.54, 1.807) is 0 Å². The van der Waals surface area contributed by atoms with Crippen LogP contribution in [0.1, 0.15) is 65.2 Å². The summed E-state index contributed by atoms with van der Waals surface area (Å²) < 4.78 is 0. The third-order valence-corrected chi connectivity index (χ3v) is 5.73. The van der Waals surface area contributed by atoms with E-state index in [-0.39, 0.29) is 25.2 Å². The quantitative estimate of drug-likeness (QED) is 0.163. The van der Waals surface area contributed by atoms with Crippen LogP contribution >= 0.6 is 0 Å². The summed E-state index contributed by atoms with van der Waals surface area (Å²) in [5, 5.41) is 23.4. The lowest BCUT2D eigenvalue weighted by molar-refractivity contribution is -0.145. The first-order valence-electron chi connectivity index (χ1n) is 11.8. The summed E-state index contributed by atoms with van der Waals surface area (Å²) in [6.45, 7) is 4.49. The number of carbonyl (C=O) groups is 5. The number of hydrogen-bond acceptors (Lipinski definition) is 7. The minimum absolute atomic E-state index is 0.0401. The van der Waals surface area contributed by atoms with E-state index in [0.717, 1.165) is 0 Å². The highest BCUT2D eigenvalue weighted by atomic mass is 16.4. The summed E-state index contributed by atoms with van der Waals surface area (Å²) >= 11 is 0. The maximum atomic E-state index is 13.3. The summed E-state index contributed by atoms with van der Waals surface area (Å²) in [5.41, 5.74) is 11.2. The summed E-state index contributed by atoms with van der Waals surface area (Å²) in [6, 6.07) is -3.93. The first kappa shape index (κ1) is 29.3. The summed E-state index contributed by atoms with van der Waals surface area (Å²) in [4.78, 5) is 62.3. The Balaban J connectivity index is 2.89. The highest BCUT2D eigenvalue weighted by Crippen LogP contribution is 2.21. The molecule has 0 radical (unpaired) electrons. The topological polar surface area (TPSA) is 205 Å². The molecular formula is C22H39N5O7. The number of likely N-dealkylation sites (tertiary alicyclic amines) is 1. The van der Waals surface area contributed by atoms with Gasteiger partial charge in [0.1, 0.15) is 18.1 Å². The molecule has 1 heterocycles. The van der Waals surface area contributed by atoms with Crippen molar-refractivity contribution in [3.63, 3.8) is 0 Å². The Kier molecular flexibility index (Phi) is 12.5. The van der Waals surface area contributed by atoms with Crippen molar-refractivity contribution in [3.05, 3.63) is 0 Å². The predicted molar refractivity (Wildman–Crippen MR) is 123 cm³/mol. The van der Waals surface area contributed by atoms with Gasteiger partial charge in [-0.05, 0) is 57.4 Å². The second kappa shape index (κ2) is 14.5. The fourth-order valence-corrected chi connectivity index (χ4v) is 3.90. The summed E-state index contributed by atoms with van der Waals surface area (Å²) in [5.74, 6) is -3.81. The number of carboxylic acids is 2. The Hall–Kier alpha value is -2.73. The number of nitrogens with zero attached hydrogens (tertiary/aromatic N) is 1. The average molecular weight is 486 g/mol. The largest absolute Gasteiger partial charge is 0.481 e. The van der Waals surface area contributed by atoms with Crippen LogP contribution in [-0.2, 0) is 24.0 Å². The van der Waals surface area contributed by atoms with Gasteiger partial charge in [0.15, 0.2) is 0 Å². The van der Waals surface area contributed by atoms with Gasteiger partial charge in [-0.3, -0.25) is 19.2 Å². The number of rotatable bonds is 15.